The van der Waals surface area contributed by atoms with Gasteiger partial charge < -0.3 is 5.32 Å². The second-order valence-corrected chi connectivity index (χ2v) is 8.31. The van der Waals surface area contributed by atoms with E-state index in [9.17, 15) is 0 Å². The molecule has 1 saturated carbocycles. The Bertz CT molecular complexity index is 459. The van der Waals surface area contributed by atoms with Gasteiger partial charge in [-0.15, -0.1) is 0 Å². The van der Waals surface area contributed by atoms with Crippen LogP contribution in [0.3, 0.4) is 0 Å². The molecule has 1 aliphatic rings. The molecule has 0 bridgehead atoms. The van der Waals surface area contributed by atoms with E-state index in [1.165, 1.54) is 41.4 Å². The van der Waals surface area contributed by atoms with Crippen LogP contribution in [-0.4, -0.2) is 21.8 Å². The predicted octanol–water partition coefficient (Wildman–Crippen LogP) is 5.20. The van der Waals surface area contributed by atoms with Crippen molar-refractivity contribution in [3.8, 4) is 0 Å². The Morgan fingerprint density at radius 3 is 2.57 bits per heavy atom. The lowest BCUT2D eigenvalue weighted by Crippen LogP contribution is -2.12. The van der Waals surface area contributed by atoms with Crippen LogP contribution in [0.4, 0.5) is 5.82 Å². The zero-order valence-corrected chi connectivity index (χ0v) is 16.3. The molecule has 0 radical (unpaired) electrons. The molecule has 21 heavy (non-hydrogen) atoms. The predicted molar refractivity (Wildman–Crippen MR) is 101 cm³/mol. The third-order valence-electron chi connectivity index (χ3n) is 3.81. The Morgan fingerprint density at radius 1 is 1.24 bits per heavy atom. The fourth-order valence-corrected chi connectivity index (χ4v) is 4.90. The molecule has 0 saturated heterocycles. The molecule has 0 spiro atoms. The summed E-state index contributed by atoms with van der Waals surface area (Å²) in [5.41, 5.74) is 1.18. The zero-order valence-electron chi connectivity index (χ0n) is 13.3. The van der Waals surface area contributed by atoms with Gasteiger partial charge in [0.25, 0.3) is 0 Å². The van der Waals surface area contributed by atoms with Gasteiger partial charge in [0.2, 0.25) is 0 Å². The van der Waals surface area contributed by atoms with Crippen molar-refractivity contribution in [3.63, 3.8) is 0 Å². The number of hydrogen-bond donors (Lipinski definition) is 1. The largest absolute Gasteiger partial charge is 0.369 e. The highest BCUT2D eigenvalue weighted by atomic mass is 127. The Morgan fingerprint density at radius 2 is 1.95 bits per heavy atom. The highest BCUT2D eigenvalue weighted by Gasteiger charge is 2.17. The first kappa shape index (κ1) is 17.3. The molecule has 3 nitrogen and oxygen atoms in total. The summed E-state index contributed by atoms with van der Waals surface area (Å²) in [6.07, 6.45) is 6.94. The van der Waals surface area contributed by atoms with Crippen LogP contribution in [0.1, 0.15) is 70.3 Å². The Kier molecular flexibility index (Phi) is 7.05. The van der Waals surface area contributed by atoms with Gasteiger partial charge >= 0.3 is 0 Å². The smallest absolute Gasteiger partial charge is 0.143 e. The van der Waals surface area contributed by atoms with E-state index in [2.05, 4.69) is 48.7 Å². The normalized spacial score (nSPS) is 16.4. The third-order valence-corrected chi connectivity index (χ3v) is 6.25. The molecule has 5 heteroatoms. The van der Waals surface area contributed by atoms with Crippen molar-refractivity contribution < 1.29 is 0 Å². The van der Waals surface area contributed by atoms with Gasteiger partial charge in [-0.1, -0.05) is 33.1 Å². The van der Waals surface area contributed by atoms with Crippen LogP contribution in [0.25, 0.3) is 0 Å². The summed E-state index contributed by atoms with van der Waals surface area (Å²) in [4.78, 5) is 9.56. The zero-order chi connectivity index (χ0) is 15.2. The average Bonchev–Trinajstić information content (AvgIpc) is 2.49. The van der Waals surface area contributed by atoms with Gasteiger partial charge in [0.15, 0.2) is 0 Å². The van der Waals surface area contributed by atoms with Crippen LogP contribution in [0, 0.1) is 3.57 Å². The molecule has 0 aliphatic heterocycles. The van der Waals surface area contributed by atoms with Gasteiger partial charge in [0, 0.05) is 11.8 Å². The number of rotatable bonds is 6. The lowest BCUT2D eigenvalue weighted by atomic mass is 10.0. The van der Waals surface area contributed by atoms with Crippen LogP contribution in [0.5, 0.6) is 0 Å². The number of thioether (sulfide) groups is 1. The molecule has 0 aromatic carbocycles. The molecule has 1 fully saturated rings. The van der Waals surface area contributed by atoms with Crippen molar-refractivity contribution in [1.29, 1.82) is 0 Å². The van der Waals surface area contributed by atoms with Crippen LogP contribution in [0.15, 0.2) is 0 Å². The van der Waals surface area contributed by atoms with E-state index >= 15 is 0 Å². The maximum absolute atomic E-state index is 4.82. The maximum atomic E-state index is 4.82. The van der Waals surface area contributed by atoms with E-state index < -0.39 is 0 Å². The van der Waals surface area contributed by atoms with Crippen molar-refractivity contribution in [1.82, 2.24) is 9.97 Å². The summed E-state index contributed by atoms with van der Waals surface area (Å²) in [6, 6.07) is 0. The van der Waals surface area contributed by atoms with Crippen LogP contribution >= 0.6 is 34.4 Å². The monoisotopic (exact) mass is 419 g/mol. The van der Waals surface area contributed by atoms with Gasteiger partial charge in [0.1, 0.15) is 11.6 Å². The second-order valence-electron chi connectivity index (χ2n) is 5.94. The van der Waals surface area contributed by atoms with E-state index in [-0.39, 0.29) is 0 Å². The fraction of sp³-hybridized carbons (Fsp3) is 0.750. The van der Waals surface area contributed by atoms with Crippen molar-refractivity contribution >= 4 is 40.2 Å². The summed E-state index contributed by atoms with van der Waals surface area (Å²) in [5.74, 6) is 3.39. The van der Waals surface area contributed by atoms with Crippen molar-refractivity contribution in [2.45, 2.75) is 69.8 Å². The van der Waals surface area contributed by atoms with Crippen LogP contribution in [0.2, 0.25) is 0 Å². The molecular weight excluding hydrogens is 393 g/mol. The highest BCUT2D eigenvalue weighted by molar-refractivity contribution is 14.1. The van der Waals surface area contributed by atoms with E-state index in [1.807, 2.05) is 11.8 Å². The topological polar surface area (TPSA) is 37.8 Å². The standard InChI is InChI=1S/C16H26IN3S/c1-4-18-16-14(17)15(11(2)3)19-13(20-16)10-21-12-8-6-5-7-9-12/h11-12H,4-10H2,1-3H3,(H,18,19,20). The molecule has 0 unspecified atom stereocenters. The molecule has 1 N–H and O–H groups in total. The summed E-state index contributed by atoms with van der Waals surface area (Å²) in [6.45, 7) is 7.43. The summed E-state index contributed by atoms with van der Waals surface area (Å²) in [5, 5.41) is 4.19. The number of anilines is 1. The first-order chi connectivity index (χ1) is 10.1. The fourth-order valence-electron chi connectivity index (χ4n) is 2.67. The van der Waals surface area contributed by atoms with E-state index in [4.69, 9.17) is 9.97 Å². The molecule has 1 aromatic heterocycles. The Hall–Kier alpha value is -0.0400. The minimum Gasteiger partial charge on any atom is -0.369 e. The molecule has 0 atom stereocenters. The molecule has 118 valence electrons. The average molecular weight is 419 g/mol. The Balaban J connectivity index is 2.10. The highest BCUT2D eigenvalue weighted by Crippen LogP contribution is 2.31. The van der Waals surface area contributed by atoms with Gasteiger partial charge in [-0.05, 0) is 48.3 Å². The summed E-state index contributed by atoms with van der Waals surface area (Å²) in [7, 11) is 0. The lowest BCUT2D eigenvalue weighted by Gasteiger charge is -2.21. The SMILES string of the molecule is CCNc1nc(CSC2CCCCC2)nc(C(C)C)c1I. The first-order valence-corrected chi connectivity index (χ1v) is 10.2. The number of nitrogens with one attached hydrogen (secondary N) is 1. The van der Waals surface area contributed by atoms with E-state index in [0.717, 1.165) is 29.2 Å². The number of hydrogen-bond acceptors (Lipinski definition) is 4. The second kappa shape index (κ2) is 8.56. The minimum atomic E-state index is 0.440. The van der Waals surface area contributed by atoms with Crippen molar-refractivity contribution in [3.05, 3.63) is 15.1 Å². The molecule has 0 amide bonds. The van der Waals surface area contributed by atoms with Gasteiger partial charge in [-0.25, -0.2) is 9.97 Å². The molecule has 1 aliphatic carbocycles. The Labute approximate surface area is 146 Å². The summed E-state index contributed by atoms with van der Waals surface area (Å²) >= 11 is 4.42. The molecule has 1 aromatic rings. The van der Waals surface area contributed by atoms with Gasteiger partial charge in [-0.3, -0.25) is 0 Å². The minimum absolute atomic E-state index is 0.440. The van der Waals surface area contributed by atoms with E-state index in [0.29, 0.717) is 5.92 Å². The van der Waals surface area contributed by atoms with E-state index in [1.54, 1.807) is 0 Å². The van der Waals surface area contributed by atoms with Crippen molar-refractivity contribution in [2.75, 3.05) is 11.9 Å². The summed E-state index contributed by atoms with van der Waals surface area (Å²) < 4.78 is 1.18. The number of aromatic nitrogens is 2. The molecule has 2 rings (SSSR count). The van der Waals surface area contributed by atoms with Crippen LogP contribution < -0.4 is 5.32 Å². The molecule has 1 heterocycles. The van der Waals surface area contributed by atoms with Crippen molar-refractivity contribution in [2.24, 2.45) is 0 Å². The van der Waals surface area contributed by atoms with Gasteiger partial charge in [-0.2, -0.15) is 11.8 Å². The third kappa shape index (κ3) is 4.98. The van der Waals surface area contributed by atoms with Crippen LogP contribution in [-0.2, 0) is 5.75 Å². The molecular formula is C16H26IN3S. The number of nitrogens with zero attached hydrogens (tertiary/aromatic N) is 2. The number of halogens is 1. The quantitative estimate of drug-likeness (QED) is 0.643. The first-order valence-electron chi connectivity index (χ1n) is 8.03. The van der Waals surface area contributed by atoms with Gasteiger partial charge in [0.05, 0.1) is 15.0 Å². The maximum Gasteiger partial charge on any atom is 0.143 e. The lowest BCUT2D eigenvalue weighted by molar-refractivity contribution is 0.516.